The Hall–Kier alpha value is -0.650. The van der Waals surface area contributed by atoms with E-state index < -0.39 is 12.4 Å². The standard InChI is InChI=1S/C35H70O5/c1-3-5-7-9-11-13-15-17-19-21-23-25-27-29-34(37)39-32-33(31-36)40-35(38)30-28-26-24-22-20-18-16-14-12-10-8-6-4-2/h33,35-36,38H,3-32H2,1-2H3/t33-,35+/m1/s1. The molecule has 240 valence electrons. The lowest BCUT2D eigenvalue weighted by molar-refractivity contribution is -0.175. The van der Waals surface area contributed by atoms with Crippen molar-refractivity contribution in [3.05, 3.63) is 0 Å². The first kappa shape index (κ1) is 39.4. The predicted octanol–water partition coefficient (Wildman–Crippen LogP) is 10.2. The van der Waals surface area contributed by atoms with Crippen molar-refractivity contribution in [2.24, 2.45) is 0 Å². The molecule has 0 aromatic heterocycles. The average molecular weight is 571 g/mol. The molecule has 2 N–H and O–H groups in total. The van der Waals surface area contributed by atoms with Gasteiger partial charge in [0.05, 0.1) is 6.61 Å². The number of aliphatic hydroxyl groups excluding tert-OH is 2. The van der Waals surface area contributed by atoms with Crippen LogP contribution in [0.3, 0.4) is 0 Å². The van der Waals surface area contributed by atoms with Crippen LogP contribution in [0.2, 0.25) is 0 Å². The smallest absolute Gasteiger partial charge is 0.305 e. The van der Waals surface area contributed by atoms with Crippen molar-refractivity contribution in [2.45, 2.75) is 206 Å². The van der Waals surface area contributed by atoms with Gasteiger partial charge in [-0.3, -0.25) is 4.79 Å². The van der Waals surface area contributed by atoms with Crippen molar-refractivity contribution in [3.8, 4) is 0 Å². The Kier molecular flexibility index (Phi) is 32.3. The number of ether oxygens (including phenoxy) is 2. The van der Waals surface area contributed by atoms with E-state index in [4.69, 9.17) is 9.47 Å². The molecule has 0 unspecified atom stereocenters. The normalized spacial score (nSPS) is 13.0. The summed E-state index contributed by atoms with van der Waals surface area (Å²) in [5.41, 5.74) is 0. The van der Waals surface area contributed by atoms with Crippen LogP contribution in [0.5, 0.6) is 0 Å². The maximum absolute atomic E-state index is 12.0. The molecule has 0 amide bonds. The predicted molar refractivity (Wildman–Crippen MR) is 170 cm³/mol. The van der Waals surface area contributed by atoms with Crippen molar-refractivity contribution in [1.29, 1.82) is 0 Å². The van der Waals surface area contributed by atoms with E-state index in [1.807, 2.05) is 0 Å². The molecular weight excluding hydrogens is 500 g/mol. The van der Waals surface area contributed by atoms with Gasteiger partial charge in [0.2, 0.25) is 0 Å². The molecule has 0 spiro atoms. The van der Waals surface area contributed by atoms with Gasteiger partial charge < -0.3 is 19.7 Å². The molecule has 2 atom stereocenters. The molecule has 5 nitrogen and oxygen atoms in total. The van der Waals surface area contributed by atoms with Gasteiger partial charge in [0.1, 0.15) is 12.7 Å². The number of hydrogen-bond acceptors (Lipinski definition) is 5. The SMILES string of the molecule is CCCCCCCCCCCCCCCC(=O)OC[C@@H](CO)O[C@H](O)CCCCCCCCCCCCCCC. The molecule has 0 fully saturated rings. The fourth-order valence-electron chi connectivity index (χ4n) is 5.31. The number of hydrogen-bond donors (Lipinski definition) is 2. The van der Waals surface area contributed by atoms with Gasteiger partial charge in [-0.1, -0.05) is 168 Å². The van der Waals surface area contributed by atoms with E-state index in [1.165, 1.54) is 141 Å². The lowest BCUT2D eigenvalue weighted by atomic mass is 10.0. The highest BCUT2D eigenvalue weighted by Gasteiger charge is 2.16. The third-order valence-electron chi connectivity index (χ3n) is 8.02. The molecule has 0 rings (SSSR count). The summed E-state index contributed by atoms with van der Waals surface area (Å²) in [5.74, 6) is -0.240. The maximum atomic E-state index is 12.0. The van der Waals surface area contributed by atoms with Crippen LogP contribution in [0.15, 0.2) is 0 Å². The van der Waals surface area contributed by atoms with Crippen LogP contribution in [0.1, 0.15) is 194 Å². The molecule has 0 aliphatic carbocycles. The number of unbranched alkanes of at least 4 members (excludes halogenated alkanes) is 24. The largest absolute Gasteiger partial charge is 0.463 e. The highest BCUT2D eigenvalue weighted by Crippen LogP contribution is 2.15. The minimum absolute atomic E-state index is 0.00341. The van der Waals surface area contributed by atoms with Gasteiger partial charge in [0, 0.05) is 6.42 Å². The van der Waals surface area contributed by atoms with Gasteiger partial charge >= 0.3 is 5.97 Å². The van der Waals surface area contributed by atoms with Gasteiger partial charge in [-0.2, -0.15) is 0 Å². The van der Waals surface area contributed by atoms with Crippen LogP contribution in [0.25, 0.3) is 0 Å². The summed E-state index contributed by atoms with van der Waals surface area (Å²) in [6.45, 7) is 4.27. The minimum atomic E-state index is -0.912. The second kappa shape index (κ2) is 32.9. The summed E-state index contributed by atoms with van der Waals surface area (Å²) in [7, 11) is 0. The van der Waals surface area contributed by atoms with Crippen LogP contribution < -0.4 is 0 Å². The van der Waals surface area contributed by atoms with Crippen molar-refractivity contribution in [3.63, 3.8) is 0 Å². The number of esters is 1. The monoisotopic (exact) mass is 571 g/mol. The fraction of sp³-hybridized carbons (Fsp3) is 0.971. The van der Waals surface area contributed by atoms with Crippen LogP contribution in [0, 0.1) is 0 Å². The second-order valence-electron chi connectivity index (χ2n) is 12.1. The third kappa shape index (κ3) is 30.3. The molecule has 0 aliphatic heterocycles. The van der Waals surface area contributed by atoms with Gasteiger partial charge in [-0.15, -0.1) is 0 Å². The lowest BCUT2D eigenvalue weighted by Crippen LogP contribution is -2.30. The van der Waals surface area contributed by atoms with Crippen LogP contribution in [0.4, 0.5) is 0 Å². The zero-order chi connectivity index (χ0) is 29.4. The number of aliphatic hydroxyl groups is 2. The average Bonchev–Trinajstić information content (AvgIpc) is 2.96. The second-order valence-corrected chi connectivity index (χ2v) is 12.1. The number of carbonyl (C=O) groups is 1. The van der Waals surface area contributed by atoms with E-state index in [2.05, 4.69) is 13.8 Å². The van der Waals surface area contributed by atoms with Gasteiger partial charge in [-0.25, -0.2) is 0 Å². The molecular formula is C35H70O5. The molecule has 0 aromatic carbocycles. The van der Waals surface area contributed by atoms with Crippen LogP contribution in [-0.4, -0.2) is 41.8 Å². The zero-order valence-corrected chi connectivity index (χ0v) is 27.0. The van der Waals surface area contributed by atoms with E-state index in [-0.39, 0.29) is 19.2 Å². The first-order chi connectivity index (χ1) is 19.6. The molecule has 0 saturated carbocycles. The van der Waals surface area contributed by atoms with Crippen molar-refractivity contribution in [1.82, 2.24) is 0 Å². The summed E-state index contributed by atoms with van der Waals surface area (Å²) < 4.78 is 10.8. The topological polar surface area (TPSA) is 76.0 Å². The Bertz CT molecular complexity index is 498. The molecule has 0 aromatic rings. The lowest BCUT2D eigenvalue weighted by Gasteiger charge is -2.20. The quantitative estimate of drug-likeness (QED) is 0.0466. The van der Waals surface area contributed by atoms with Crippen LogP contribution >= 0.6 is 0 Å². The van der Waals surface area contributed by atoms with Crippen molar-refractivity contribution >= 4 is 5.97 Å². The summed E-state index contributed by atoms with van der Waals surface area (Å²) in [5, 5.41) is 19.7. The Balaban J connectivity index is 3.52. The van der Waals surface area contributed by atoms with Gasteiger partial charge in [0.25, 0.3) is 0 Å². The Morgan fingerprint density at radius 3 is 1.27 bits per heavy atom. The summed E-state index contributed by atoms with van der Waals surface area (Å²) in [4.78, 5) is 12.0. The number of carbonyl (C=O) groups excluding carboxylic acids is 1. The van der Waals surface area contributed by atoms with Gasteiger partial charge in [0.15, 0.2) is 6.29 Å². The molecule has 0 bridgehead atoms. The fourth-order valence-corrected chi connectivity index (χ4v) is 5.31. The molecule has 5 heteroatoms. The Morgan fingerprint density at radius 2 is 0.900 bits per heavy atom. The highest BCUT2D eigenvalue weighted by molar-refractivity contribution is 5.69. The molecule has 0 radical (unpaired) electrons. The third-order valence-corrected chi connectivity index (χ3v) is 8.02. The molecule has 0 aliphatic rings. The van der Waals surface area contributed by atoms with E-state index in [9.17, 15) is 15.0 Å². The van der Waals surface area contributed by atoms with Crippen LogP contribution in [-0.2, 0) is 14.3 Å². The van der Waals surface area contributed by atoms with Crippen molar-refractivity contribution < 1.29 is 24.5 Å². The Morgan fingerprint density at radius 1 is 0.550 bits per heavy atom. The first-order valence-corrected chi connectivity index (χ1v) is 17.7. The minimum Gasteiger partial charge on any atom is -0.463 e. The Labute approximate surface area is 249 Å². The molecule has 40 heavy (non-hydrogen) atoms. The van der Waals surface area contributed by atoms with Crippen molar-refractivity contribution in [2.75, 3.05) is 13.2 Å². The molecule has 0 saturated heterocycles. The zero-order valence-electron chi connectivity index (χ0n) is 27.0. The maximum Gasteiger partial charge on any atom is 0.305 e. The van der Waals surface area contributed by atoms with Gasteiger partial charge in [-0.05, 0) is 19.3 Å². The summed E-state index contributed by atoms with van der Waals surface area (Å²) >= 11 is 0. The molecule has 0 heterocycles. The first-order valence-electron chi connectivity index (χ1n) is 17.7. The highest BCUT2D eigenvalue weighted by atomic mass is 16.6. The van der Waals surface area contributed by atoms with E-state index in [0.29, 0.717) is 12.8 Å². The van der Waals surface area contributed by atoms with E-state index in [1.54, 1.807) is 0 Å². The van der Waals surface area contributed by atoms with E-state index >= 15 is 0 Å². The summed E-state index contributed by atoms with van der Waals surface area (Å²) in [6.07, 6.45) is 32.8. The number of rotatable bonds is 33. The summed E-state index contributed by atoms with van der Waals surface area (Å²) in [6, 6.07) is 0. The van der Waals surface area contributed by atoms with E-state index in [0.717, 1.165) is 25.7 Å².